The van der Waals surface area contributed by atoms with Gasteiger partial charge >= 0.3 is 0 Å². The lowest BCUT2D eigenvalue weighted by Crippen LogP contribution is -2.46. The van der Waals surface area contributed by atoms with Crippen LogP contribution in [0.15, 0.2) is 0 Å². The minimum Gasteiger partial charge on any atom is -0.383 e. The zero-order valence-corrected chi connectivity index (χ0v) is 11.0. The molecule has 1 aliphatic carbocycles. The number of nitrogens with one attached hydrogen (secondary N) is 1. The van der Waals surface area contributed by atoms with Gasteiger partial charge in [0, 0.05) is 25.2 Å². The van der Waals surface area contributed by atoms with Gasteiger partial charge in [0.25, 0.3) is 0 Å². The Balaban J connectivity index is 1.72. The third kappa shape index (κ3) is 3.19. The smallest absolute Gasteiger partial charge is 0.0641 e. The second-order valence-corrected chi connectivity index (χ2v) is 6.03. The number of hydrogen-bond acceptors (Lipinski definition) is 3. The number of rotatable bonds is 6. The molecule has 1 atom stereocenters. The van der Waals surface area contributed by atoms with Crippen LogP contribution in [0.2, 0.25) is 0 Å². The molecule has 16 heavy (non-hydrogen) atoms. The molecule has 0 amide bonds. The molecule has 2 rings (SSSR count). The summed E-state index contributed by atoms with van der Waals surface area (Å²) in [4.78, 5) is 2.58. The molecule has 0 aromatic carbocycles. The lowest BCUT2D eigenvalue weighted by molar-refractivity contribution is 0.0468. The third-order valence-corrected chi connectivity index (χ3v) is 3.91. The summed E-state index contributed by atoms with van der Waals surface area (Å²) in [6.45, 7) is 9.07. The number of hydrogen-bond donors (Lipinski definition) is 1. The van der Waals surface area contributed by atoms with Crippen LogP contribution in [0.4, 0.5) is 0 Å². The van der Waals surface area contributed by atoms with Crippen molar-refractivity contribution in [2.24, 2.45) is 5.92 Å². The van der Waals surface area contributed by atoms with Gasteiger partial charge in [-0.3, -0.25) is 4.90 Å². The van der Waals surface area contributed by atoms with Crippen LogP contribution in [-0.4, -0.2) is 49.8 Å². The molecule has 2 aliphatic rings. The van der Waals surface area contributed by atoms with Gasteiger partial charge in [0.1, 0.15) is 0 Å². The largest absolute Gasteiger partial charge is 0.383 e. The van der Waals surface area contributed by atoms with E-state index in [1.54, 1.807) is 7.11 Å². The molecule has 1 heterocycles. The zero-order chi connectivity index (χ0) is 11.6. The topological polar surface area (TPSA) is 24.5 Å². The van der Waals surface area contributed by atoms with Gasteiger partial charge in [0.2, 0.25) is 0 Å². The Morgan fingerprint density at radius 1 is 1.31 bits per heavy atom. The molecule has 0 aromatic heterocycles. The van der Waals surface area contributed by atoms with Gasteiger partial charge in [-0.25, -0.2) is 0 Å². The van der Waals surface area contributed by atoms with Crippen LogP contribution >= 0.6 is 0 Å². The van der Waals surface area contributed by atoms with Crippen molar-refractivity contribution in [2.75, 3.05) is 33.4 Å². The predicted molar refractivity (Wildman–Crippen MR) is 66.7 cm³/mol. The van der Waals surface area contributed by atoms with Crippen LogP contribution in [0.5, 0.6) is 0 Å². The van der Waals surface area contributed by atoms with Gasteiger partial charge in [-0.05, 0) is 52.1 Å². The highest BCUT2D eigenvalue weighted by atomic mass is 16.5. The first-order chi connectivity index (χ1) is 7.62. The molecule has 1 N–H and O–H groups in total. The van der Waals surface area contributed by atoms with Gasteiger partial charge in [0.05, 0.1) is 6.61 Å². The average molecular weight is 226 g/mol. The molecule has 0 radical (unpaired) electrons. The van der Waals surface area contributed by atoms with E-state index in [1.807, 2.05) is 0 Å². The fourth-order valence-electron chi connectivity index (χ4n) is 2.61. The molecule has 1 saturated carbocycles. The summed E-state index contributed by atoms with van der Waals surface area (Å²) in [6, 6.07) is 0.848. The summed E-state index contributed by atoms with van der Waals surface area (Å²) in [7, 11) is 1.80. The Kier molecular flexibility index (Phi) is 3.88. The van der Waals surface area contributed by atoms with E-state index in [4.69, 9.17) is 4.74 Å². The minimum absolute atomic E-state index is 0.198. The van der Waals surface area contributed by atoms with Crippen LogP contribution in [0.25, 0.3) is 0 Å². The van der Waals surface area contributed by atoms with Crippen LogP contribution in [0.1, 0.15) is 33.1 Å². The van der Waals surface area contributed by atoms with Crippen molar-refractivity contribution in [3.05, 3.63) is 0 Å². The van der Waals surface area contributed by atoms with Crippen LogP contribution in [0.3, 0.4) is 0 Å². The van der Waals surface area contributed by atoms with Crippen molar-refractivity contribution in [3.8, 4) is 0 Å². The molecule has 2 fully saturated rings. The average Bonchev–Trinajstić information content (AvgIpc) is 2.92. The fraction of sp³-hybridized carbons (Fsp3) is 1.00. The maximum atomic E-state index is 5.31. The maximum absolute atomic E-state index is 5.31. The summed E-state index contributed by atoms with van der Waals surface area (Å²) in [5, 5.41) is 3.64. The van der Waals surface area contributed by atoms with Crippen molar-refractivity contribution in [1.82, 2.24) is 10.2 Å². The summed E-state index contributed by atoms with van der Waals surface area (Å²) >= 11 is 0. The van der Waals surface area contributed by atoms with Crippen molar-refractivity contribution in [1.29, 1.82) is 0 Å². The number of methoxy groups -OCH3 is 1. The van der Waals surface area contributed by atoms with Gasteiger partial charge in [-0.1, -0.05) is 0 Å². The number of ether oxygens (including phenoxy) is 1. The van der Waals surface area contributed by atoms with Gasteiger partial charge in [-0.15, -0.1) is 0 Å². The molecule has 1 unspecified atom stereocenters. The van der Waals surface area contributed by atoms with E-state index in [9.17, 15) is 0 Å². The van der Waals surface area contributed by atoms with Crippen molar-refractivity contribution < 1.29 is 4.74 Å². The summed E-state index contributed by atoms with van der Waals surface area (Å²) in [6.07, 6.45) is 4.13. The molecule has 3 nitrogen and oxygen atoms in total. The molecule has 3 heteroatoms. The SMILES string of the molecule is COCC(C)(C)N1CCC(CNC2CC2)C1. The van der Waals surface area contributed by atoms with E-state index in [0.717, 1.165) is 18.6 Å². The highest BCUT2D eigenvalue weighted by Gasteiger charge is 2.33. The van der Waals surface area contributed by atoms with E-state index >= 15 is 0 Å². The fourth-order valence-corrected chi connectivity index (χ4v) is 2.61. The first kappa shape index (κ1) is 12.3. The molecule has 94 valence electrons. The van der Waals surface area contributed by atoms with Crippen molar-refractivity contribution >= 4 is 0 Å². The Bertz CT molecular complexity index is 226. The maximum Gasteiger partial charge on any atom is 0.0641 e. The second kappa shape index (κ2) is 5.03. The minimum atomic E-state index is 0.198. The first-order valence-electron chi connectivity index (χ1n) is 6.59. The highest BCUT2D eigenvalue weighted by molar-refractivity contribution is 4.90. The number of likely N-dealkylation sites (tertiary alicyclic amines) is 1. The lowest BCUT2D eigenvalue weighted by Gasteiger charge is -2.35. The lowest BCUT2D eigenvalue weighted by atomic mass is 10.0. The Morgan fingerprint density at radius 2 is 2.06 bits per heavy atom. The Morgan fingerprint density at radius 3 is 2.69 bits per heavy atom. The van der Waals surface area contributed by atoms with E-state index in [2.05, 4.69) is 24.1 Å². The second-order valence-electron chi connectivity index (χ2n) is 6.03. The van der Waals surface area contributed by atoms with E-state index in [0.29, 0.717) is 0 Å². The highest BCUT2D eigenvalue weighted by Crippen LogP contribution is 2.26. The normalized spacial score (nSPS) is 27.6. The summed E-state index contributed by atoms with van der Waals surface area (Å²) in [5.41, 5.74) is 0.198. The van der Waals surface area contributed by atoms with Gasteiger partial charge in [0.15, 0.2) is 0 Å². The van der Waals surface area contributed by atoms with E-state index < -0.39 is 0 Å². The molecule has 1 aliphatic heterocycles. The van der Waals surface area contributed by atoms with E-state index in [-0.39, 0.29) is 5.54 Å². The van der Waals surface area contributed by atoms with Crippen LogP contribution < -0.4 is 5.32 Å². The Labute approximate surface area is 99.5 Å². The monoisotopic (exact) mass is 226 g/mol. The summed E-state index contributed by atoms with van der Waals surface area (Å²) in [5.74, 6) is 0.844. The van der Waals surface area contributed by atoms with Crippen LogP contribution in [-0.2, 0) is 4.74 Å². The van der Waals surface area contributed by atoms with Crippen LogP contribution in [0, 0.1) is 5.92 Å². The molecule has 0 aromatic rings. The molecular formula is C13H26N2O. The molecular weight excluding hydrogens is 200 g/mol. The van der Waals surface area contributed by atoms with Crippen molar-refractivity contribution in [3.63, 3.8) is 0 Å². The predicted octanol–water partition coefficient (Wildman–Crippen LogP) is 1.49. The zero-order valence-electron chi connectivity index (χ0n) is 11.0. The van der Waals surface area contributed by atoms with Crippen molar-refractivity contribution in [2.45, 2.75) is 44.7 Å². The Hall–Kier alpha value is -0.120. The quantitative estimate of drug-likeness (QED) is 0.742. The molecule has 1 saturated heterocycles. The molecule has 0 spiro atoms. The standard InChI is InChI=1S/C13H26N2O/c1-13(2,10-16-3)15-7-6-11(9-15)8-14-12-4-5-12/h11-12,14H,4-10H2,1-3H3. The van der Waals surface area contributed by atoms with Gasteiger partial charge < -0.3 is 10.1 Å². The number of nitrogens with zero attached hydrogens (tertiary/aromatic N) is 1. The van der Waals surface area contributed by atoms with Gasteiger partial charge in [-0.2, -0.15) is 0 Å². The summed E-state index contributed by atoms with van der Waals surface area (Å²) < 4.78 is 5.31. The molecule has 0 bridgehead atoms. The first-order valence-corrected chi connectivity index (χ1v) is 6.59. The third-order valence-electron chi connectivity index (χ3n) is 3.91. The van der Waals surface area contributed by atoms with E-state index in [1.165, 1.54) is 38.9 Å².